The molecule has 3 aromatic rings. The average molecular weight is 352 g/mol. The Morgan fingerprint density at radius 3 is 2.77 bits per heavy atom. The van der Waals surface area contributed by atoms with Crippen LogP contribution in [0.1, 0.15) is 41.5 Å². The fourth-order valence-corrected chi connectivity index (χ4v) is 3.97. The van der Waals surface area contributed by atoms with Crippen molar-refractivity contribution in [2.24, 2.45) is 0 Å². The molecule has 1 fully saturated rings. The number of methoxy groups -OCH3 is 1. The van der Waals surface area contributed by atoms with Crippen molar-refractivity contribution in [2.45, 2.75) is 39.3 Å². The maximum absolute atomic E-state index is 5.40. The van der Waals surface area contributed by atoms with Gasteiger partial charge in [-0.05, 0) is 57.5 Å². The zero-order valence-corrected chi connectivity index (χ0v) is 15.5. The quantitative estimate of drug-likeness (QED) is 0.751. The van der Waals surface area contributed by atoms with Crippen LogP contribution in [0.25, 0.3) is 11.3 Å². The van der Waals surface area contributed by atoms with Crippen molar-refractivity contribution in [3.63, 3.8) is 0 Å². The molecule has 4 rings (SSSR count). The second-order valence-electron chi connectivity index (χ2n) is 6.87. The Bertz CT molecular complexity index is 862. The van der Waals surface area contributed by atoms with Crippen molar-refractivity contribution < 1.29 is 9.26 Å². The van der Waals surface area contributed by atoms with Crippen LogP contribution in [0.4, 0.5) is 0 Å². The van der Waals surface area contributed by atoms with E-state index in [1.807, 2.05) is 32.2 Å². The molecule has 26 heavy (non-hydrogen) atoms. The van der Waals surface area contributed by atoms with Crippen LogP contribution in [0, 0.1) is 13.8 Å². The largest absolute Gasteiger partial charge is 0.497 e. The summed E-state index contributed by atoms with van der Waals surface area (Å²) in [7, 11) is 1.68. The Balaban J connectivity index is 1.59. The van der Waals surface area contributed by atoms with Gasteiger partial charge in [-0.15, -0.1) is 0 Å². The number of hydrogen-bond acceptors (Lipinski definition) is 5. The van der Waals surface area contributed by atoms with Gasteiger partial charge < -0.3 is 9.26 Å². The molecule has 1 aliphatic rings. The number of likely N-dealkylation sites (tertiary alicyclic amines) is 1. The van der Waals surface area contributed by atoms with Crippen molar-refractivity contribution in [1.82, 2.24) is 20.3 Å². The first-order valence-electron chi connectivity index (χ1n) is 9.01. The van der Waals surface area contributed by atoms with E-state index in [-0.39, 0.29) is 0 Å². The molecule has 136 valence electrons. The summed E-state index contributed by atoms with van der Waals surface area (Å²) >= 11 is 0. The van der Waals surface area contributed by atoms with Gasteiger partial charge in [0.15, 0.2) is 0 Å². The van der Waals surface area contributed by atoms with Crippen molar-refractivity contribution in [3.05, 3.63) is 53.0 Å². The van der Waals surface area contributed by atoms with Crippen molar-refractivity contribution in [3.8, 4) is 17.0 Å². The molecule has 0 unspecified atom stereocenters. The summed E-state index contributed by atoms with van der Waals surface area (Å²) in [5.41, 5.74) is 5.64. The number of aromatic amines is 1. The van der Waals surface area contributed by atoms with Gasteiger partial charge in [0.1, 0.15) is 11.5 Å². The van der Waals surface area contributed by atoms with E-state index in [1.54, 1.807) is 7.11 Å². The van der Waals surface area contributed by atoms with E-state index in [0.717, 1.165) is 48.0 Å². The Morgan fingerprint density at radius 2 is 2.08 bits per heavy atom. The number of benzene rings is 1. The van der Waals surface area contributed by atoms with Crippen LogP contribution in [0.15, 0.2) is 35.0 Å². The second-order valence-corrected chi connectivity index (χ2v) is 6.87. The molecule has 0 amide bonds. The summed E-state index contributed by atoms with van der Waals surface area (Å²) in [5, 5.41) is 11.6. The maximum Gasteiger partial charge on any atom is 0.138 e. The normalized spacial score (nSPS) is 17.7. The first kappa shape index (κ1) is 16.8. The highest BCUT2D eigenvalue weighted by molar-refractivity contribution is 5.63. The first-order valence-corrected chi connectivity index (χ1v) is 9.01. The van der Waals surface area contributed by atoms with E-state index < -0.39 is 0 Å². The van der Waals surface area contributed by atoms with Gasteiger partial charge >= 0.3 is 0 Å². The summed E-state index contributed by atoms with van der Waals surface area (Å²) in [4.78, 5) is 2.50. The lowest BCUT2D eigenvalue weighted by molar-refractivity contribution is 0.246. The number of hydrogen-bond donors (Lipinski definition) is 1. The van der Waals surface area contributed by atoms with Crippen LogP contribution in [0.5, 0.6) is 5.75 Å². The Morgan fingerprint density at radius 1 is 1.27 bits per heavy atom. The van der Waals surface area contributed by atoms with Crippen molar-refractivity contribution in [1.29, 1.82) is 0 Å². The summed E-state index contributed by atoms with van der Waals surface area (Å²) in [6.07, 6.45) is 4.26. The lowest BCUT2D eigenvalue weighted by Gasteiger charge is -2.24. The summed E-state index contributed by atoms with van der Waals surface area (Å²) in [5.74, 6) is 1.79. The minimum Gasteiger partial charge on any atom is -0.497 e. The maximum atomic E-state index is 5.40. The molecule has 1 aliphatic heterocycles. The molecule has 0 radical (unpaired) electrons. The lowest BCUT2D eigenvalue weighted by Crippen LogP contribution is -2.23. The molecule has 0 spiro atoms. The minimum absolute atomic E-state index is 0.361. The van der Waals surface area contributed by atoms with Crippen LogP contribution in [0.3, 0.4) is 0 Å². The molecule has 1 saturated heterocycles. The summed E-state index contributed by atoms with van der Waals surface area (Å²) in [6.45, 7) is 5.96. The molecule has 0 saturated carbocycles. The fourth-order valence-electron chi connectivity index (χ4n) is 3.97. The number of ether oxygens (including phenoxy) is 1. The Kier molecular flexibility index (Phi) is 4.51. The molecule has 6 nitrogen and oxygen atoms in total. The summed E-state index contributed by atoms with van der Waals surface area (Å²) < 4.78 is 10.7. The van der Waals surface area contributed by atoms with Crippen LogP contribution in [-0.4, -0.2) is 33.9 Å². The lowest BCUT2D eigenvalue weighted by atomic mass is 10.0. The first-order chi connectivity index (χ1) is 12.7. The van der Waals surface area contributed by atoms with Crippen LogP contribution in [0.2, 0.25) is 0 Å². The zero-order valence-electron chi connectivity index (χ0n) is 15.5. The molecule has 0 bridgehead atoms. The fraction of sp³-hybridized carbons (Fsp3) is 0.400. The van der Waals surface area contributed by atoms with E-state index in [9.17, 15) is 0 Å². The molecule has 1 atom stereocenters. The molecule has 2 aromatic heterocycles. The SMILES string of the molecule is COc1ccc(-c2[nH]ncc2CN2CCC[C@H]2c2c(C)noc2C)cc1. The second kappa shape index (κ2) is 6.96. The smallest absolute Gasteiger partial charge is 0.138 e. The number of rotatable bonds is 5. The van der Waals surface area contributed by atoms with E-state index in [0.29, 0.717) is 6.04 Å². The number of aromatic nitrogens is 3. The molecular weight excluding hydrogens is 328 g/mol. The molecule has 3 heterocycles. The standard InChI is InChI=1S/C20H24N4O2/c1-13-19(14(2)26-23-13)18-5-4-10-24(18)12-16-11-21-22-20(16)15-6-8-17(25-3)9-7-15/h6-9,11,18H,4-5,10,12H2,1-3H3,(H,21,22)/t18-/m0/s1. The van der Waals surface area contributed by atoms with Crippen LogP contribution < -0.4 is 4.74 Å². The van der Waals surface area contributed by atoms with Gasteiger partial charge in [-0.25, -0.2) is 0 Å². The van der Waals surface area contributed by atoms with Gasteiger partial charge in [0.25, 0.3) is 0 Å². The van der Waals surface area contributed by atoms with E-state index in [1.165, 1.54) is 17.5 Å². The van der Waals surface area contributed by atoms with E-state index in [2.05, 4.69) is 32.4 Å². The number of nitrogens with one attached hydrogen (secondary N) is 1. The molecule has 6 heteroatoms. The molecule has 1 aromatic carbocycles. The van der Waals surface area contributed by atoms with E-state index in [4.69, 9.17) is 9.26 Å². The van der Waals surface area contributed by atoms with Gasteiger partial charge in [0, 0.05) is 29.3 Å². The topological polar surface area (TPSA) is 67.2 Å². The highest BCUT2D eigenvalue weighted by Gasteiger charge is 2.31. The highest BCUT2D eigenvalue weighted by atomic mass is 16.5. The van der Waals surface area contributed by atoms with E-state index >= 15 is 0 Å². The zero-order chi connectivity index (χ0) is 18.1. The third-order valence-electron chi connectivity index (χ3n) is 5.26. The summed E-state index contributed by atoms with van der Waals surface area (Å²) in [6, 6.07) is 8.43. The number of nitrogens with zero attached hydrogens (tertiary/aromatic N) is 3. The molecular formula is C20H24N4O2. The molecule has 0 aliphatic carbocycles. The van der Waals surface area contributed by atoms with Crippen LogP contribution in [-0.2, 0) is 6.54 Å². The van der Waals surface area contributed by atoms with Gasteiger partial charge in [-0.1, -0.05) is 5.16 Å². The predicted octanol–water partition coefficient (Wildman–Crippen LogP) is 4.03. The monoisotopic (exact) mass is 352 g/mol. The predicted molar refractivity (Wildman–Crippen MR) is 98.9 cm³/mol. The Hall–Kier alpha value is -2.60. The number of aryl methyl sites for hydroxylation is 2. The highest BCUT2D eigenvalue weighted by Crippen LogP contribution is 2.37. The third-order valence-corrected chi connectivity index (χ3v) is 5.26. The average Bonchev–Trinajstić information content (AvgIpc) is 3.37. The Labute approximate surface area is 153 Å². The molecule has 1 N–H and O–H groups in total. The van der Waals surface area contributed by atoms with Gasteiger partial charge in [0.2, 0.25) is 0 Å². The van der Waals surface area contributed by atoms with Crippen LogP contribution >= 0.6 is 0 Å². The number of H-pyrrole nitrogens is 1. The third kappa shape index (κ3) is 3.01. The van der Waals surface area contributed by atoms with Gasteiger partial charge in [-0.3, -0.25) is 10.00 Å². The van der Waals surface area contributed by atoms with Crippen molar-refractivity contribution >= 4 is 0 Å². The van der Waals surface area contributed by atoms with Crippen molar-refractivity contribution in [2.75, 3.05) is 13.7 Å². The van der Waals surface area contributed by atoms with Gasteiger partial charge in [0.05, 0.1) is 24.7 Å². The van der Waals surface area contributed by atoms with Gasteiger partial charge in [-0.2, -0.15) is 5.10 Å². The minimum atomic E-state index is 0.361.